The number of nitrogens with zero attached hydrogens (tertiary/aromatic N) is 1. The topological polar surface area (TPSA) is 96.7 Å². The van der Waals surface area contributed by atoms with Gasteiger partial charge in [-0.05, 0) is 24.8 Å². The fraction of sp³-hybridized carbons (Fsp3) is 0.579. The van der Waals surface area contributed by atoms with Gasteiger partial charge in [0.2, 0.25) is 11.8 Å². The second-order valence-corrected chi connectivity index (χ2v) is 6.52. The molecule has 160 valence electrons. The lowest BCUT2D eigenvalue weighted by molar-refractivity contribution is -0.125. The number of carbonyl (C=O) groups is 2. The van der Waals surface area contributed by atoms with Crippen molar-refractivity contribution in [1.82, 2.24) is 15.5 Å². The van der Waals surface area contributed by atoms with Crippen LogP contribution >= 0.6 is 24.8 Å². The number of ether oxygens (including phenoxy) is 1. The fourth-order valence-electron chi connectivity index (χ4n) is 2.94. The van der Waals surface area contributed by atoms with Crippen LogP contribution in [0, 0.1) is 0 Å². The minimum absolute atomic E-state index is 0. The Hall–Kier alpha value is -1.38. The second kappa shape index (κ2) is 15.5. The van der Waals surface area contributed by atoms with Gasteiger partial charge in [-0.15, -0.1) is 24.8 Å². The average molecular weight is 435 g/mol. The molecule has 1 aliphatic heterocycles. The average Bonchev–Trinajstić information content (AvgIpc) is 2.68. The molecule has 2 rings (SSSR count). The molecule has 0 saturated carbocycles. The van der Waals surface area contributed by atoms with Crippen LogP contribution in [0.25, 0.3) is 0 Å². The molecule has 1 fully saturated rings. The fourth-order valence-corrected chi connectivity index (χ4v) is 2.94. The largest absolute Gasteiger partial charge is 0.378 e. The third-order valence-corrected chi connectivity index (χ3v) is 4.41. The molecule has 4 N–H and O–H groups in total. The number of amides is 2. The Morgan fingerprint density at radius 1 is 1.07 bits per heavy atom. The monoisotopic (exact) mass is 434 g/mol. The van der Waals surface area contributed by atoms with Crippen molar-refractivity contribution in [3.05, 3.63) is 35.9 Å². The van der Waals surface area contributed by atoms with Crippen LogP contribution in [0.3, 0.4) is 0 Å². The molecule has 1 aromatic carbocycles. The number of hydrogen-bond donors (Lipinski definition) is 3. The minimum atomic E-state index is -0.331. The van der Waals surface area contributed by atoms with Crippen molar-refractivity contribution in [2.45, 2.75) is 31.9 Å². The summed E-state index contributed by atoms with van der Waals surface area (Å²) in [7, 11) is 0. The maximum Gasteiger partial charge on any atom is 0.239 e. The van der Waals surface area contributed by atoms with Crippen LogP contribution < -0.4 is 16.4 Å². The van der Waals surface area contributed by atoms with E-state index in [0.717, 1.165) is 38.9 Å². The molecule has 0 bridgehead atoms. The molecule has 0 radical (unpaired) electrons. The van der Waals surface area contributed by atoms with Crippen molar-refractivity contribution in [3.8, 4) is 0 Å². The SMILES string of the molecule is Cl.Cl.NCC(=O)NCC(=O)NCCCOC1CCN(Cc2ccccc2)CC1. The van der Waals surface area contributed by atoms with E-state index < -0.39 is 0 Å². The summed E-state index contributed by atoms with van der Waals surface area (Å²) in [5.74, 6) is -0.539. The molecule has 0 unspecified atom stereocenters. The van der Waals surface area contributed by atoms with Gasteiger partial charge in [0.15, 0.2) is 0 Å². The number of piperidine rings is 1. The minimum Gasteiger partial charge on any atom is -0.378 e. The van der Waals surface area contributed by atoms with Gasteiger partial charge in [-0.25, -0.2) is 0 Å². The Bertz CT molecular complexity index is 555. The summed E-state index contributed by atoms with van der Waals surface area (Å²) in [6, 6.07) is 10.5. The lowest BCUT2D eigenvalue weighted by Gasteiger charge is -2.32. The van der Waals surface area contributed by atoms with Gasteiger partial charge in [-0.3, -0.25) is 14.5 Å². The van der Waals surface area contributed by atoms with Crippen molar-refractivity contribution < 1.29 is 14.3 Å². The summed E-state index contributed by atoms with van der Waals surface area (Å²) < 4.78 is 5.91. The number of carbonyl (C=O) groups excluding carboxylic acids is 2. The Labute approximate surface area is 179 Å². The predicted octanol–water partition coefficient (Wildman–Crippen LogP) is 1.09. The number of benzene rings is 1. The molecule has 1 heterocycles. The zero-order chi connectivity index (χ0) is 18.6. The smallest absolute Gasteiger partial charge is 0.239 e. The third kappa shape index (κ3) is 10.8. The Kier molecular flexibility index (Phi) is 14.8. The second-order valence-electron chi connectivity index (χ2n) is 6.52. The van der Waals surface area contributed by atoms with E-state index in [9.17, 15) is 9.59 Å². The highest BCUT2D eigenvalue weighted by molar-refractivity contribution is 5.86. The molecule has 1 aromatic rings. The van der Waals surface area contributed by atoms with Crippen molar-refractivity contribution in [2.75, 3.05) is 39.3 Å². The van der Waals surface area contributed by atoms with E-state index in [4.69, 9.17) is 10.5 Å². The van der Waals surface area contributed by atoms with E-state index in [2.05, 4.69) is 39.8 Å². The summed E-state index contributed by atoms with van der Waals surface area (Å²) in [5, 5.41) is 5.19. The van der Waals surface area contributed by atoms with Gasteiger partial charge in [0.25, 0.3) is 0 Å². The first kappa shape index (κ1) is 26.6. The van der Waals surface area contributed by atoms with E-state index in [1.165, 1.54) is 5.56 Å². The molecular weight excluding hydrogens is 403 g/mol. The number of hydrogen-bond acceptors (Lipinski definition) is 5. The summed E-state index contributed by atoms with van der Waals surface area (Å²) in [4.78, 5) is 24.9. The quantitative estimate of drug-likeness (QED) is 0.479. The predicted molar refractivity (Wildman–Crippen MR) is 115 cm³/mol. The zero-order valence-corrected chi connectivity index (χ0v) is 17.7. The molecule has 28 heavy (non-hydrogen) atoms. The van der Waals surface area contributed by atoms with Gasteiger partial charge >= 0.3 is 0 Å². The summed E-state index contributed by atoms with van der Waals surface area (Å²) in [6.07, 6.45) is 3.16. The van der Waals surface area contributed by atoms with Crippen LogP contribution in [0.4, 0.5) is 0 Å². The standard InChI is InChI=1S/C19H30N4O3.2ClH/c20-13-18(24)22-14-19(25)21-9-4-12-26-17-7-10-23(11-8-17)15-16-5-2-1-3-6-16;;/h1-3,5-6,17H,4,7-15,20H2,(H,21,25)(H,22,24);2*1H. The van der Waals surface area contributed by atoms with Crippen LogP contribution in [0.5, 0.6) is 0 Å². The highest BCUT2D eigenvalue weighted by Crippen LogP contribution is 2.16. The summed E-state index contributed by atoms with van der Waals surface area (Å²) in [6.45, 7) is 4.15. The van der Waals surface area contributed by atoms with Crippen LogP contribution in [0.15, 0.2) is 30.3 Å². The van der Waals surface area contributed by atoms with Gasteiger partial charge in [0.1, 0.15) is 0 Å². The van der Waals surface area contributed by atoms with E-state index in [0.29, 0.717) is 19.3 Å². The Morgan fingerprint density at radius 3 is 2.39 bits per heavy atom. The molecule has 1 saturated heterocycles. The first-order valence-electron chi connectivity index (χ1n) is 9.28. The van der Waals surface area contributed by atoms with Gasteiger partial charge in [0, 0.05) is 32.8 Å². The van der Waals surface area contributed by atoms with Gasteiger partial charge in [-0.2, -0.15) is 0 Å². The molecule has 0 atom stereocenters. The van der Waals surface area contributed by atoms with Gasteiger partial charge in [0.05, 0.1) is 19.2 Å². The third-order valence-electron chi connectivity index (χ3n) is 4.41. The Morgan fingerprint density at radius 2 is 1.75 bits per heavy atom. The summed E-state index contributed by atoms with van der Waals surface area (Å²) in [5.41, 5.74) is 6.50. The van der Waals surface area contributed by atoms with Crippen LogP contribution in [-0.2, 0) is 20.9 Å². The lowest BCUT2D eigenvalue weighted by atomic mass is 10.1. The highest BCUT2D eigenvalue weighted by atomic mass is 35.5. The van der Waals surface area contributed by atoms with E-state index >= 15 is 0 Å². The van der Waals surface area contributed by atoms with Crippen LogP contribution in [0.1, 0.15) is 24.8 Å². The van der Waals surface area contributed by atoms with Crippen LogP contribution in [-0.4, -0.2) is 62.1 Å². The number of halogens is 2. The molecule has 0 aliphatic carbocycles. The molecule has 0 spiro atoms. The number of likely N-dealkylation sites (tertiary alicyclic amines) is 1. The van der Waals surface area contributed by atoms with E-state index in [1.54, 1.807) is 0 Å². The molecule has 7 nitrogen and oxygen atoms in total. The number of rotatable bonds is 10. The molecule has 9 heteroatoms. The van der Waals surface area contributed by atoms with Crippen molar-refractivity contribution in [2.24, 2.45) is 5.73 Å². The highest BCUT2D eigenvalue weighted by Gasteiger charge is 2.19. The molecule has 2 amide bonds. The zero-order valence-electron chi connectivity index (χ0n) is 16.1. The Balaban J connectivity index is 0.00000364. The first-order valence-corrected chi connectivity index (χ1v) is 9.28. The van der Waals surface area contributed by atoms with Gasteiger partial charge < -0.3 is 21.1 Å². The first-order chi connectivity index (χ1) is 12.7. The normalized spacial score (nSPS) is 14.5. The van der Waals surface area contributed by atoms with Crippen molar-refractivity contribution >= 4 is 36.6 Å². The number of nitrogens with two attached hydrogens (primary N) is 1. The van der Waals surface area contributed by atoms with Gasteiger partial charge in [-0.1, -0.05) is 30.3 Å². The van der Waals surface area contributed by atoms with E-state index in [-0.39, 0.29) is 49.7 Å². The molecular formula is C19H32Cl2N4O3. The summed E-state index contributed by atoms with van der Waals surface area (Å²) >= 11 is 0. The number of nitrogens with one attached hydrogen (secondary N) is 2. The van der Waals surface area contributed by atoms with Crippen molar-refractivity contribution in [1.29, 1.82) is 0 Å². The lowest BCUT2D eigenvalue weighted by Crippen LogP contribution is -2.40. The molecule has 1 aliphatic rings. The maximum atomic E-state index is 11.5. The molecule has 0 aromatic heterocycles. The van der Waals surface area contributed by atoms with Crippen molar-refractivity contribution in [3.63, 3.8) is 0 Å². The maximum absolute atomic E-state index is 11.5. The van der Waals surface area contributed by atoms with E-state index in [1.807, 2.05) is 6.07 Å². The van der Waals surface area contributed by atoms with Crippen LogP contribution in [0.2, 0.25) is 0 Å².